The van der Waals surface area contributed by atoms with Crippen molar-refractivity contribution < 1.29 is 4.39 Å². The number of hydrogen-bond donors (Lipinski definition) is 2. The van der Waals surface area contributed by atoms with Crippen LogP contribution in [0.25, 0.3) is 0 Å². The minimum absolute atomic E-state index is 0.0394. The number of nitrogens with zero attached hydrogens (tertiary/aromatic N) is 3. The van der Waals surface area contributed by atoms with Gasteiger partial charge in [-0.2, -0.15) is 9.97 Å². The van der Waals surface area contributed by atoms with Crippen molar-refractivity contribution in [1.29, 1.82) is 0 Å². The van der Waals surface area contributed by atoms with Gasteiger partial charge in [-0.05, 0) is 6.92 Å². The molecule has 0 amide bonds. The summed E-state index contributed by atoms with van der Waals surface area (Å²) in [6.07, 6.45) is 1.16. The first-order valence-electron chi connectivity index (χ1n) is 7.51. The maximum Gasteiger partial charge on any atom is 0.226 e. The van der Waals surface area contributed by atoms with Gasteiger partial charge in [-0.1, -0.05) is 13.8 Å². The van der Waals surface area contributed by atoms with Gasteiger partial charge in [-0.15, -0.1) is 0 Å². The summed E-state index contributed by atoms with van der Waals surface area (Å²) in [5.41, 5.74) is 0.0707. The predicted octanol–water partition coefficient (Wildman–Crippen LogP) is 2.55. The number of alkyl halides is 1. The summed E-state index contributed by atoms with van der Waals surface area (Å²) >= 11 is 0. The molecule has 2 N–H and O–H groups in total. The Labute approximate surface area is 125 Å². The molecule has 0 saturated heterocycles. The fraction of sp³-hybridized carbons (Fsp3) is 0.733. The molecule has 21 heavy (non-hydrogen) atoms. The van der Waals surface area contributed by atoms with Gasteiger partial charge < -0.3 is 15.5 Å². The van der Waals surface area contributed by atoms with Crippen LogP contribution in [0.1, 0.15) is 39.2 Å². The van der Waals surface area contributed by atoms with Crippen LogP contribution in [-0.2, 0) is 5.41 Å². The summed E-state index contributed by atoms with van der Waals surface area (Å²) < 4.78 is 13.9. The average Bonchev–Trinajstić information content (AvgIpc) is 2.66. The van der Waals surface area contributed by atoms with Crippen LogP contribution in [0, 0.1) is 0 Å². The fourth-order valence-corrected chi connectivity index (χ4v) is 3.60. The Balaban J connectivity index is 2.03. The topological polar surface area (TPSA) is 53.1 Å². The Morgan fingerprint density at radius 2 is 1.81 bits per heavy atom. The normalized spacial score (nSPS) is 29.8. The van der Waals surface area contributed by atoms with E-state index in [2.05, 4.69) is 39.3 Å². The Bertz CT molecular complexity index is 561. The molecular weight excluding hydrogens is 269 g/mol. The lowest BCUT2D eigenvalue weighted by atomic mass is 9.78. The highest BCUT2D eigenvalue weighted by Gasteiger charge is 2.49. The van der Waals surface area contributed by atoms with Gasteiger partial charge in [0.25, 0.3) is 0 Å². The summed E-state index contributed by atoms with van der Waals surface area (Å²) in [5, 5.41) is 6.19. The number of rotatable bonds is 3. The van der Waals surface area contributed by atoms with Gasteiger partial charge in [0.05, 0.1) is 0 Å². The highest BCUT2D eigenvalue weighted by Crippen LogP contribution is 2.49. The molecule has 1 fully saturated rings. The third-order valence-corrected chi connectivity index (χ3v) is 4.63. The molecule has 1 aliphatic heterocycles. The lowest BCUT2D eigenvalue weighted by Gasteiger charge is -2.45. The first-order chi connectivity index (χ1) is 9.77. The Morgan fingerprint density at radius 3 is 2.33 bits per heavy atom. The van der Waals surface area contributed by atoms with Crippen molar-refractivity contribution in [2.45, 2.75) is 50.7 Å². The standard InChI is InChI=1S/C15H24FN5/c1-14(2)8-21(9-6-15(3,16)7-9)12-10(14)11(17-4)19-13(18-5)20-12/h9H,6-8H2,1-5H3,(H2,17,18,19,20). The molecule has 0 spiro atoms. The number of nitrogens with one attached hydrogen (secondary N) is 2. The second-order valence-electron chi connectivity index (χ2n) is 7.08. The van der Waals surface area contributed by atoms with Gasteiger partial charge in [0.1, 0.15) is 17.3 Å². The number of aromatic nitrogens is 2. The van der Waals surface area contributed by atoms with Crippen molar-refractivity contribution in [3.8, 4) is 0 Å². The lowest BCUT2D eigenvalue weighted by Crippen LogP contribution is -2.52. The second-order valence-corrected chi connectivity index (χ2v) is 7.08. The Hall–Kier alpha value is -1.59. The number of halogens is 1. The van der Waals surface area contributed by atoms with Crippen molar-refractivity contribution in [2.75, 3.05) is 36.2 Å². The predicted molar refractivity (Wildman–Crippen MR) is 84.0 cm³/mol. The molecule has 1 aliphatic carbocycles. The quantitative estimate of drug-likeness (QED) is 0.897. The lowest BCUT2D eigenvalue weighted by molar-refractivity contribution is 0.0599. The van der Waals surface area contributed by atoms with Crippen LogP contribution < -0.4 is 15.5 Å². The zero-order valence-electron chi connectivity index (χ0n) is 13.4. The highest BCUT2D eigenvalue weighted by atomic mass is 19.1. The van der Waals surface area contributed by atoms with Gasteiger partial charge in [-0.3, -0.25) is 0 Å². The van der Waals surface area contributed by atoms with E-state index in [4.69, 9.17) is 0 Å². The van der Waals surface area contributed by atoms with Crippen molar-refractivity contribution in [3.63, 3.8) is 0 Å². The van der Waals surface area contributed by atoms with Crippen LogP contribution in [0.3, 0.4) is 0 Å². The molecule has 1 saturated carbocycles. The van der Waals surface area contributed by atoms with E-state index in [1.165, 1.54) is 0 Å². The van der Waals surface area contributed by atoms with E-state index >= 15 is 0 Å². The zero-order valence-corrected chi connectivity index (χ0v) is 13.4. The Morgan fingerprint density at radius 1 is 1.14 bits per heavy atom. The number of hydrogen-bond acceptors (Lipinski definition) is 5. The fourth-order valence-electron chi connectivity index (χ4n) is 3.60. The summed E-state index contributed by atoms with van der Waals surface area (Å²) in [5.74, 6) is 2.41. The molecule has 6 heteroatoms. The maximum absolute atomic E-state index is 13.9. The molecular formula is C15H24FN5. The van der Waals surface area contributed by atoms with Crippen LogP contribution in [0.4, 0.5) is 22.0 Å². The largest absolute Gasteiger partial charge is 0.373 e. The zero-order chi connectivity index (χ0) is 15.4. The third-order valence-electron chi connectivity index (χ3n) is 4.63. The molecule has 0 unspecified atom stereocenters. The van der Waals surface area contributed by atoms with Gasteiger partial charge in [0.15, 0.2) is 0 Å². The first-order valence-corrected chi connectivity index (χ1v) is 7.51. The second kappa shape index (κ2) is 4.45. The first kappa shape index (κ1) is 14.4. The van der Waals surface area contributed by atoms with Crippen molar-refractivity contribution in [2.24, 2.45) is 0 Å². The summed E-state index contributed by atoms with van der Waals surface area (Å²) in [7, 11) is 3.69. The molecule has 0 radical (unpaired) electrons. The summed E-state index contributed by atoms with van der Waals surface area (Å²) in [4.78, 5) is 11.4. The highest BCUT2D eigenvalue weighted by molar-refractivity contribution is 5.69. The molecule has 1 aromatic heterocycles. The molecule has 2 aliphatic rings. The molecule has 0 aromatic carbocycles. The van der Waals surface area contributed by atoms with Crippen LogP contribution in [-0.4, -0.2) is 42.3 Å². The Kier molecular flexibility index (Phi) is 3.04. The molecule has 3 rings (SSSR count). The van der Waals surface area contributed by atoms with E-state index < -0.39 is 5.67 Å². The molecule has 0 bridgehead atoms. The molecule has 116 valence electrons. The van der Waals surface area contributed by atoms with E-state index in [1.807, 2.05) is 14.1 Å². The number of anilines is 3. The van der Waals surface area contributed by atoms with Gasteiger partial charge >= 0.3 is 0 Å². The van der Waals surface area contributed by atoms with Crippen molar-refractivity contribution in [3.05, 3.63) is 5.56 Å². The molecule has 2 heterocycles. The van der Waals surface area contributed by atoms with Crippen LogP contribution in [0.2, 0.25) is 0 Å². The van der Waals surface area contributed by atoms with E-state index in [0.29, 0.717) is 18.8 Å². The third kappa shape index (κ3) is 2.21. The summed E-state index contributed by atoms with van der Waals surface area (Å²) in [6.45, 7) is 6.94. The SMILES string of the molecule is CNc1nc(NC)c2c(n1)N(C1CC(C)(F)C1)CC2(C)C. The van der Waals surface area contributed by atoms with Crippen molar-refractivity contribution >= 4 is 17.6 Å². The molecule has 5 nitrogen and oxygen atoms in total. The van der Waals surface area contributed by atoms with Gasteiger partial charge in [0, 0.05) is 50.5 Å². The smallest absolute Gasteiger partial charge is 0.226 e. The van der Waals surface area contributed by atoms with E-state index in [9.17, 15) is 4.39 Å². The minimum atomic E-state index is -1.03. The van der Waals surface area contributed by atoms with Crippen LogP contribution >= 0.6 is 0 Å². The van der Waals surface area contributed by atoms with E-state index in [-0.39, 0.29) is 11.5 Å². The molecule has 1 aromatic rings. The molecule has 0 atom stereocenters. The monoisotopic (exact) mass is 293 g/mol. The minimum Gasteiger partial charge on any atom is -0.373 e. The van der Waals surface area contributed by atoms with Crippen LogP contribution in [0.5, 0.6) is 0 Å². The van der Waals surface area contributed by atoms with Crippen LogP contribution in [0.15, 0.2) is 0 Å². The van der Waals surface area contributed by atoms with Crippen molar-refractivity contribution in [1.82, 2.24) is 9.97 Å². The van der Waals surface area contributed by atoms with E-state index in [1.54, 1.807) is 6.92 Å². The average molecular weight is 293 g/mol. The van der Waals surface area contributed by atoms with E-state index in [0.717, 1.165) is 23.7 Å². The van der Waals surface area contributed by atoms with Gasteiger partial charge in [0.2, 0.25) is 5.95 Å². The number of fused-ring (bicyclic) bond motifs is 1. The summed E-state index contributed by atoms with van der Waals surface area (Å²) in [6, 6.07) is 0.241. The van der Waals surface area contributed by atoms with Gasteiger partial charge in [-0.25, -0.2) is 4.39 Å². The maximum atomic E-state index is 13.9.